The van der Waals surface area contributed by atoms with Crippen LogP contribution in [-0.4, -0.2) is 19.2 Å². The fourth-order valence-electron chi connectivity index (χ4n) is 2.16. The Kier molecular flexibility index (Phi) is 3.80. The van der Waals surface area contributed by atoms with Crippen LogP contribution in [0.1, 0.15) is 31.4 Å². The van der Waals surface area contributed by atoms with E-state index in [4.69, 9.17) is 10.5 Å². The molecule has 1 aromatic rings. The van der Waals surface area contributed by atoms with E-state index in [9.17, 15) is 0 Å². The lowest BCUT2D eigenvalue weighted by Crippen LogP contribution is -2.38. The van der Waals surface area contributed by atoms with Crippen molar-refractivity contribution in [2.45, 2.75) is 31.8 Å². The maximum absolute atomic E-state index is 5.98. The van der Waals surface area contributed by atoms with Gasteiger partial charge in [-0.05, 0) is 44.0 Å². The predicted molar refractivity (Wildman–Crippen MR) is 65.6 cm³/mol. The molecule has 3 N–H and O–H groups in total. The smallest absolute Gasteiger partial charge is 0.119 e. The third-order valence-corrected chi connectivity index (χ3v) is 3.04. The Balaban J connectivity index is 2.03. The molecule has 1 aliphatic heterocycles. The van der Waals surface area contributed by atoms with Crippen LogP contribution in [0, 0.1) is 0 Å². The molecule has 0 bridgehead atoms. The van der Waals surface area contributed by atoms with Crippen molar-refractivity contribution in [1.82, 2.24) is 5.32 Å². The van der Waals surface area contributed by atoms with Crippen molar-refractivity contribution in [3.05, 3.63) is 29.8 Å². The maximum atomic E-state index is 5.98. The van der Waals surface area contributed by atoms with Gasteiger partial charge in [-0.3, -0.25) is 0 Å². The molecule has 0 aromatic heterocycles. The third-order valence-electron chi connectivity index (χ3n) is 3.04. The molecule has 1 aromatic carbocycles. The topological polar surface area (TPSA) is 47.3 Å². The molecule has 0 radical (unpaired) electrons. The molecule has 2 unspecified atom stereocenters. The summed E-state index contributed by atoms with van der Waals surface area (Å²) < 4.78 is 5.42. The van der Waals surface area contributed by atoms with Gasteiger partial charge in [-0.2, -0.15) is 0 Å². The standard InChI is InChI=1S/C13H20N2O/c1-2-16-12-5-3-10(4-6-12)13-9-11(14)7-8-15-13/h3-6,11,13,15H,2,7-9,14H2,1H3. The number of hydrogen-bond donors (Lipinski definition) is 2. The number of benzene rings is 1. The molecule has 1 saturated heterocycles. The highest BCUT2D eigenvalue weighted by atomic mass is 16.5. The van der Waals surface area contributed by atoms with Crippen LogP contribution >= 0.6 is 0 Å². The highest BCUT2D eigenvalue weighted by Gasteiger charge is 2.19. The zero-order valence-electron chi connectivity index (χ0n) is 9.78. The molecule has 3 heteroatoms. The average molecular weight is 220 g/mol. The molecule has 0 saturated carbocycles. The molecule has 88 valence electrons. The second kappa shape index (κ2) is 5.32. The SMILES string of the molecule is CCOc1ccc(C2CC(N)CCN2)cc1. The quantitative estimate of drug-likeness (QED) is 0.817. The Morgan fingerprint density at radius 3 is 2.75 bits per heavy atom. The number of ether oxygens (including phenoxy) is 1. The number of nitrogens with two attached hydrogens (primary N) is 1. The van der Waals surface area contributed by atoms with E-state index in [-0.39, 0.29) is 0 Å². The van der Waals surface area contributed by atoms with Gasteiger partial charge in [0.1, 0.15) is 5.75 Å². The van der Waals surface area contributed by atoms with Crippen molar-refractivity contribution in [2.24, 2.45) is 5.73 Å². The lowest BCUT2D eigenvalue weighted by atomic mass is 9.94. The minimum atomic E-state index is 0.331. The first-order valence-corrected chi connectivity index (χ1v) is 6.01. The summed E-state index contributed by atoms with van der Waals surface area (Å²) in [5.74, 6) is 0.936. The summed E-state index contributed by atoms with van der Waals surface area (Å²) in [6.07, 6.45) is 2.10. The van der Waals surface area contributed by atoms with Gasteiger partial charge < -0.3 is 15.8 Å². The Morgan fingerprint density at radius 2 is 2.12 bits per heavy atom. The van der Waals surface area contributed by atoms with Crippen molar-refractivity contribution < 1.29 is 4.74 Å². The number of piperidine rings is 1. The third kappa shape index (κ3) is 2.74. The zero-order valence-corrected chi connectivity index (χ0v) is 9.78. The summed E-state index contributed by atoms with van der Waals surface area (Å²) in [6.45, 7) is 3.72. The van der Waals surface area contributed by atoms with Gasteiger partial charge >= 0.3 is 0 Å². The van der Waals surface area contributed by atoms with E-state index in [1.165, 1.54) is 5.56 Å². The van der Waals surface area contributed by atoms with Gasteiger partial charge in [0.25, 0.3) is 0 Å². The van der Waals surface area contributed by atoms with E-state index in [0.717, 1.165) is 25.1 Å². The molecule has 0 amide bonds. The van der Waals surface area contributed by atoms with Crippen LogP contribution in [0.25, 0.3) is 0 Å². The van der Waals surface area contributed by atoms with E-state index in [1.54, 1.807) is 0 Å². The van der Waals surface area contributed by atoms with Gasteiger partial charge in [0.05, 0.1) is 6.61 Å². The molecular weight excluding hydrogens is 200 g/mol. The molecular formula is C13H20N2O. The Bertz CT molecular complexity index is 323. The first-order valence-electron chi connectivity index (χ1n) is 6.01. The van der Waals surface area contributed by atoms with Crippen molar-refractivity contribution in [2.75, 3.05) is 13.2 Å². The summed E-state index contributed by atoms with van der Waals surface area (Å²) >= 11 is 0. The monoisotopic (exact) mass is 220 g/mol. The maximum Gasteiger partial charge on any atom is 0.119 e. The van der Waals surface area contributed by atoms with Crippen LogP contribution in [0.5, 0.6) is 5.75 Å². The second-order valence-corrected chi connectivity index (χ2v) is 4.29. The highest BCUT2D eigenvalue weighted by molar-refractivity contribution is 5.29. The Labute approximate surface area is 97.0 Å². The van der Waals surface area contributed by atoms with Crippen LogP contribution in [-0.2, 0) is 0 Å². The van der Waals surface area contributed by atoms with Crippen molar-refractivity contribution in [1.29, 1.82) is 0 Å². The number of rotatable bonds is 3. The van der Waals surface area contributed by atoms with Gasteiger partial charge in [-0.1, -0.05) is 12.1 Å². The second-order valence-electron chi connectivity index (χ2n) is 4.29. The summed E-state index contributed by atoms with van der Waals surface area (Å²) in [7, 11) is 0. The summed E-state index contributed by atoms with van der Waals surface area (Å²) in [4.78, 5) is 0. The Hall–Kier alpha value is -1.06. The van der Waals surface area contributed by atoms with Crippen molar-refractivity contribution >= 4 is 0 Å². The number of nitrogens with one attached hydrogen (secondary N) is 1. The van der Waals surface area contributed by atoms with E-state index < -0.39 is 0 Å². The zero-order chi connectivity index (χ0) is 11.4. The molecule has 1 aliphatic rings. The van der Waals surface area contributed by atoms with Gasteiger partial charge in [0, 0.05) is 12.1 Å². The molecule has 2 atom stereocenters. The van der Waals surface area contributed by atoms with Gasteiger partial charge in [-0.15, -0.1) is 0 Å². The molecule has 2 rings (SSSR count). The van der Waals surface area contributed by atoms with E-state index in [0.29, 0.717) is 18.7 Å². The van der Waals surface area contributed by atoms with Crippen LogP contribution in [0.3, 0.4) is 0 Å². The normalized spacial score (nSPS) is 25.4. The van der Waals surface area contributed by atoms with Gasteiger partial charge in [0.15, 0.2) is 0 Å². The molecule has 3 nitrogen and oxygen atoms in total. The van der Waals surface area contributed by atoms with E-state index >= 15 is 0 Å². The van der Waals surface area contributed by atoms with Gasteiger partial charge in [0.2, 0.25) is 0 Å². The molecule has 0 spiro atoms. The minimum Gasteiger partial charge on any atom is -0.494 e. The van der Waals surface area contributed by atoms with Gasteiger partial charge in [-0.25, -0.2) is 0 Å². The van der Waals surface area contributed by atoms with Crippen molar-refractivity contribution in [3.63, 3.8) is 0 Å². The fraction of sp³-hybridized carbons (Fsp3) is 0.538. The largest absolute Gasteiger partial charge is 0.494 e. The van der Waals surface area contributed by atoms with E-state index in [1.807, 2.05) is 19.1 Å². The minimum absolute atomic E-state index is 0.331. The van der Waals surface area contributed by atoms with Crippen LogP contribution in [0.2, 0.25) is 0 Å². The summed E-state index contributed by atoms with van der Waals surface area (Å²) in [5.41, 5.74) is 7.28. The van der Waals surface area contributed by atoms with Crippen molar-refractivity contribution in [3.8, 4) is 5.75 Å². The lowest BCUT2D eigenvalue weighted by Gasteiger charge is -2.28. The summed E-state index contributed by atoms with van der Waals surface area (Å²) in [5, 5.41) is 3.50. The molecule has 0 aliphatic carbocycles. The first-order chi connectivity index (χ1) is 7.79. The van der Waals surface area contributed by atoms with E-state index in [2.05, 4.69) is 17.4 Å². The fourth-order valence-corrected chi connectivity index (χ4v) is 2.16. The first kappa shape index (κ1) is 11.4. The van der Waals surface area contributed by atoms with Crippen LogP contribution < -0.4 is 15.8 Å². The predicted octanol–water partition coefficient (Wildman–Crippen LogP) is 1.84. The lowest BCUT2D eigenvalue weighted by molar-refractivity contribution is 0.339. The van der Waals surface area contributed by atoms with Crippen LogP contribution in [0.15, 0.2) is 24.3 Å². The average Bonchev–Trinajstić information content (AvgIpc) is 2.30. The number of hydrogen-bond acceptors (Lipinski definition) is 3. The summed E-state index contributed by atoms with van der Waals surface area (Å²) in [6, 6.07) is 9.04. The highest BCUT2D eigenvalue weighted by Crippen LogP contribution is 2.24. The Morgan fingerprint density at radius 1 is 1.38 bits per heavy atom. The van der Waals surface area contributed by atoms with Crippen LogP contribution in [0.4, 0.5) is 0 Å². The molecule has 1 heterocycles. The molecule has 1 fully saturated rings. The molecule has 16 heavy (non-hydrogen) atoms.